The van der Waals surface area contributed by atoms with Crippen LogP contribution in [-0.2, 0) is 9.53 Å². The van der Waals surface area contributed by atoms with E-state index in [0.717, 1.165) is 13.0 Å². The van der Waals surface area contributed by atoms with Gasteiger partial charge in [0.1, 0.15) is 6.10 Å². The molecule has 2 N–H and O–H groups in total. The lowest BCUT2D eigenvalue weighted by Crippen LogP contribution is -2.52. The molecule has 4 unspecified atom stereocenters. The van der Waals surface area contributed by atoms with Gasteiger partial charge in [-0.3, -0.25) is 4.79 Å². The lowest BCUT2D eigenvalue weighted by molar-refractivity contribution is -0.135. The van der Waals surface area contributed by atoms with Crippen LogP contribution in [0, 0.1) is 11.8 Å². The van der Waals surface area contributed by atoms with Crippen LogP contribution in [0.5, 0.6) is 0 Å². The van der Waals surface area contributed by atoms with Crippen LogP contribution in [-0.4, -0.2) is 37.7 Å². The van der Waals surface area contributed by atoms with Crippen LogP contribution < -0.4 is 10.6 Å². The van der Waals surface area contributed by atoms with Crippen molar-refractivity contribution in [3.8, 4) is 0 Å². The van der Waals surface area contributed by atoms with Crippen LogP contribution in [0.4, 0.5) is 0 Å². The molecule has 1 aliphatic heterocycles. The summed E-state index contributed by atoms with van der Waals surface area (Å²) in [6.07, 6.45) is 3.32. The predicted octanol–water partition coefficient (Wildman–Crippen LogP) is 1.34. The number of hydrogen-bond acceptors (Lipinski definition) is 3. The fourth-order valence-electron chi connectivity index (χ4n) is 2.80. The largest absolute Gasteiger partial charge is 0.366 e. The van der Waals surface area contributed by atoms with E-state index < -0.39 is 0 Å². The molecule has 5 heteroatoms. The maximum atomic E-state index is 12.0. The van der Waals surface area contributed by atoms with Gasteiger partial charge >= 0.3 is 0 Å². The molecule has 2 fully saturated rings. The van der Waals surface area contributed by atoms with Gasteiger partial charge in [0.2, 0.25) is 0 Å². The van der Waals surface area contributed by atoms with E-state index in [1.165, 1.54) is 12.8 Å². The maximum Gasteiger partial charge on any atom is 0.250 e. The fourth-order valence-corrected chi connectivity index (χ4v) is 2.80. The Bertz CT molecular complexity index is 270. The first-order valence-corrected chi connectivity index (χ1v) is 6.81. The first kappa shape index (κ1) is 15.7. The van der Waals surface area contributed by atoms with Gasteiger partial charge < -0.3 is 15.4 Å². The van der Waals surface area contributed by atoms with Crippen molar-refractivity contribution >= 4 is 18.3 Å². The van der Waals surface area contributed by atoms with Crippen LogP contribution in [0.2, 0.25) is 0 Å². The van der Waals surface area contributed by atoms with Gasteiger partial charge in [0.15, 0.2) is 0 Å². The SMILES string of the molecule is CC1CCCC(NC(=O)C2CNCCO2)C1C.Cl. The molecule has 0 aromatic heterocycles. The summed E-state index contributed by atoms with van der Waals surface area (Å²) >= 11 is 0. The summed E-state index contributed by atoms with van der Waals surface area (Å²) in [5.41, 5.74) is 0. The van der Waals surface area contributed by atoms with Gasteiger partial charge in [0.05, 0.1) is 6.61 Å². The number of rotatable bonds is 2. The molecule has 1 amide bonds. The molecule has 18 heavy (non-hydrogen) atoms. The zero-order valence-corrected chi connectivity index (χ0v) is 12.1. The standard InChI is InChI=1S/C13H24N2O2.ClH/c1-9-4-3-5-11(10(9)2)15-13(16)12-8-14-6-7-17-12;/h9-12,14H,3-8H2,1-2H3,(H,15,16);1H. The second-order valence-corrected chi connectivity index (χ2v) is 5.45. The topological polar surface area (TPSA) is 50.4 Å². The molecule has 0 radical (unpaired) electrons. The molecule has 4 atom stereocenters. The van der Waals surface area contributed by atoms with Gasteiger partial charge in [0.25, 0.3) is 5.91 Å². The zero-order chi connectivity index (χ0) is 12.3. The second-order valence-electron chi connectivity index (χ2n) is 5.45. The summed E-state index contributed by atoms with van der Waals surface area (Å²) in [5.74, 6) is 1.34. The fraction of sp³-hybridized carbons (Fsp3) is 0.923. The Labute approximate surface area is 116 Å². The van der Waals surface area contributed by atoms with E-state index in [1.54, 1.807) is 0 Å². The van der Waals surface area contributed by atoms with Crippen LogP contribution >= 0.6 is 12.4 Å². The van der Waals surface area contributed by atoms with Crippen molar-refractivity contribution in [1.29, 1.82) is 0 Å². The van der Waals surface area contributed by atoms with E-state index >= 15 is 0 Å². The van der Waals surface area contributed by atoms with Crippen LogP contribution in [0.25, 0.3) is 0 Å². The molecular formula is C13H25ClN2O2. The Morgan fingerprint density at radius 2 is 2.11 bits per heavy atom. The van der Waals surface area contributed by atoms with Crippen LogP contribution in [0.1, 0.15) is 33.1 Å². The third kappa shape index (κ3) is 3.84. The van der Waals surface area contributed by atoms with Gasteiger partial charge in [-0.25, -0.2) is 0 Å². The minimum atomic E-state index is -0.298. The monoisotopic (exact) mass is 276 g/mol. The van der Waals surface area contributed by atoms with Crippen molar-refractivity contribution in [1.82, 2.24) is 10.6 Å². The zero-order valence-electron chi connectivity index (χ0n) is 11.3. The lowest BCUT2D eigenvalue weighted by atomic mass is 9.78. The molecule has 4 nitrogen and oxygen atoms in total. The highest BCUT2D eigenvalue weighted by atomic mass is 35.5. The minimum absolute atomic E-state index is 0. The Morgan fingerprint density at radius 1 is 1.33 bits per heavy atom. The molecular weight excluding hydrogens is 252 g/mol. The summed E-state index contributed by atoms with van der Waals surface area (Å²) in [6, 6.07) is 0.330. The normalized spacial score (nSPS) is 36.6. The van der Waals surface area contributed by atoms with Gasteiger partial charge in [-0.15, -0.1) is 12.4 Å². The van der Waals surface area contributed by atoms with Crippen LogP contribution in [0.15, 0.2) is 0 Å². The highest BCUT2D eigenvalue weighted by Crippen LogP contribution is 2.29. The molecule has 1 heterocycles. The second kappa shape index (κ2) is 7.31. The van der Waals surface area contributed by atoms with Gasteiger partial charge in [-0.05, 0) is 18.3 Å². The number of carbonyl (C=O) groups is 1. The van der Waals surface area contributed by atoms with Crippen molar-refractivity contribution in [3.05, 3.63) is 0 Å². The van der Waals surface area contributed by atoms with Crippen molar-refractivity contribution < 1.29 is 9.53 Å². The Kier molecular flexibility index (Phi) is 6.39. The molecule has 1 saturated heterocycles. The van der Waals surface area contributed by atoms with Crippen molar-refractivity contribution in [2.75, 3.05) is 19.7 Å². The van der Waals surface area contributed by atoms with Gasteiger partial charge in [-0.2, -0.15) is 0 Å². The van der Waals surface area contributed by atoms with Crippen molar-refractivity contribution in [2.24, 2.45) is 11.8 Å². The summed E-state index contributed by atoms with van der Waals surface area (Å²) in [4.78, 5) is 12.0. The number of ether oxygens (including phenoxy) is 1. The average molecular weight is 277 g/mol. The minimum Gasteiger partial charge on any atom is -0.366 e. The maximum absolute atomic E-state index is 12.0. The Hall–Kier alpha value is -0.320. The smallest absolute Gasteiger partial charge is 0.250 e. The van der Waals surface area contributed by atoms with E-state index in [4.69, 9.17) is 4.74 Å². The third-order valence-electron chi connectivity index (χ3n) is 4.25. The number of morpholine rings is 1. The average Bonchev–Trinajstić information content (AvgIpc) is 2.36. The molecule has 1 aliphatic carbocycles. The molecule has 0 bridgehead atoms. The van der Waals surface area contributed by atoms with E-state index in [9.17, 15) is 4.79 Å². The Balaban J connectivity index is 0.00000162. The third-order valence-corrected chi connectivity index (χ3v) is 4.25. The van der Waals surface area contributed by atoms with E-state index in [0.29, 0.717) is 31.0 Å². The predicted molar refractivity (Wildman–Crippen MR) is 74.0 cm³/mol. The Morgan fingerprint density at radius 3 is 2.78 bits per heavy atom. The van der Waals surface area contributed by atoms with Crippen molar-refractivity contribution in [3.63, 3.8) is 0 Å². The number of amides is 1. The number of carbonyl (C=O) groups excluding carboxylic acids is 1. The summed E-state index contributed by atoms with van der Waals surface area (Å²) in [5, 5.41) is 6.35. The van der Waals surface area contributed by atoms with Crippen LogP contribution in [0.3, 0.4) is 0 Å². The van der Waals surface area contributed by atoms with E-state index in [-0.39, 0.29) is 24.4 Å². The first-order chi connectivity index (χ1) is 8.18. The molecule has 2 aliphatic rings. The van der Waals surface area contributed by atoms with E-state index in [2.05, 4.69) is 24.5 Å². The molecule has 0 aromatic carbocycles. The van der Waals surface area contributed by atoms with Gasteiger partial charge in [-0.1, -0.05) is 26.7 Å². The first-order valence-electron chi connectivity index (χ1n) is 6.81. The molecule has 0 spiro atoms. The lowest BCUT2D eigenvalue weighted by Gasteiger charge is -2.35. The van der Waals surface area contributed by atoms with E-state index in [1.807, 2.05) is 0 Å². The van der Waals surface area contributed by atoms with Crippen molar-refractivity contribution in [2.45, 2.75) is 45.3 Å². The highest BCUT2D eigenvalue weighted by Gasteiger charge is 2.30. The molecule has 0 aromatic rings. The molecule has 1 saturated carbocycles. The molecule has 2 rings (SSSR count). The number of hydrogen-bond donors (Lipinski definition) is 2. The summed E-state index contributed by atoms with van der Waals surface area (Å²) in [7, 11) is 0. The summed E-state index contributed by atoms with van der Waals surface area (Å²) in [6.45, 7) is 6.65. The van der Waals surface area contributed by atoms with Gasteiger partial charge in [0, 0.05) is 19.1 Å². The number of nitrogens with one attached hydrogen (secondary N) is 2. The highest BCUT2D eigenvalue weighted by molar-refractivity contribution is 5.85. The molecule has 106 valence electrons. The summed E-state index contributed by atoms with van der Waals surface area (Å²) < 4.78 is 5.47. The number of halogens is 1. The quantitative estimate of drug-likeness (QED) is 0.800.